The molecule has 0 saturated carbocycles. The average molecular weight is 186 g/mol. The molecule has 2 rings (SSSR count). The third kappa shape index (κ3) is 1.72. The highest BCUT2D eigenvalue weighted by molar-refractivity contribution is 5.40. The fourth-order valence-corrected chi connectivity index (χ4v) is 1.43. The maximum Gasteiger partial charge on any atom is 0.234 e. The van der Waals surface area contributed by atoms with Crippen LogP contribution in [0.15, 0.2) is 24.4 Å². The summed E-state index contributed by atoms with van der Waals surface area (Å²) in [4.78, 5) is 10.1. The molecule has 0 saturated heterocycles. The van der Waals surface area contributed by atoms with E-state index in [-0.39, 0.29) is 5.82 Å². The van der Waals surface area contributed by atoms with Crippen LogP contribution in [0, 0.1) is 11.3 Å². The molecule has 0 fully saturated rings. The van der Waals surface area contributed by atoms with E-state index < -0.39 is 0 Å². The highest BCUT2D eigenvalue weighted by Gasteiger charge is 2.08. The van der Waals surface area contributed by atoms with Crippen LogP contribution in [-0.4, -0.2) is 23.1 Å². The molecule has 1 aromatic rings. The van der Waals surface area contributed by atoms with Gasteiger partial charge in [-0.3, -0.25) is 0 Å². The molecule has 2 heterocycles. The Hall–Kier alpha value is -1.89. The molecule has 0 spiro atoms. The zero-order valence-electron chi connectivity index (χ0n) is 7.72. The van der Waals surface area contributed by atoms with Crippen LogP contribution >= 0.6 is 0 Å². The van der Waals surface area contributed by atoms with Gasteiger partial charge < -0.3 is 4.90 Å². The summed E-state index contributed by atoms with van der Waals surface area (Å²) in [6.07, 6.45) is 6.92. The van der Waals surface area contributed by atoms with Crippen molar-refractivity contribution >= 4 is 5.82 Å². The second-order valence-corrected chi connectivity index (χ2v) is 3.06. The third-order valence-electron chi connectivity index (χ3n) is 2.12. The number of nitrogens with zero attached hydrogens (tertiary/aromatic N) is 4. The Balaban J connectivity index is 2.23. The summed E-state index contributed by atoms with van der Waals surface area (Å²) in [5.74, 6) is 1.07. The van der Waals surface area contributed by atoms with Crippen molar-refractivity contribution in [2.75, 3.05) is 18.0 Å². The predicted octanol–water partition coefficient (Wildman–Crippen LogP) is 1.11. The van der Waals surface area contributed by atoms with Crippen LogP contribution in [-0.2, 0) is 0 Å². The molecule has 4 nitrogen and oxygen atoms in total. The van der Waals surface area contributed by atoms with E-state index in [4.69, 9.17) is 5.26 Å². The lowest BCUT2D eigenvalue weighted by Crippen LogP contribution is -2.27. The standard InChI is InChI=1S/C10H10N4/c11-8-9-12-5-4-10(13-9)14-6-2-1-3-7-14/h1-2,4-5H,3,6-7H2. The first-order chi connectivity index (χ1) is 6.90. The molecule has 14 heavy (non-hydrogen) atoms. The largest absolute Gasteiger partial charge is 0.352 e. The van der Waals surface area contributed by atoms with Gasteiger partial charge in [0.2, 0.25) is 5.82 Å². The fraction of sp³-hybridized carbons (Fsp3) is 0.300. The number of hydrogen-bond donors (Lipinski definition) is 0. The Morgan fingerprint density at radius 2 is 2.36 bits per heavy atom. The topological polar surface area (TPSA) is 52.8 Å². The molecule has 1 aromatic heterocycles. The zero-order valence-corrected chi connectivity index (χ0v) is 7.72. The van der Waals surface area contributed by atoms with Crippen LogP contribution in [0.1, 0.15) is 12.2 Å². The van der Waals surface area contributed by atoms with Crippen LogP contribution in [0.5, 0.6) is 0 Å². The molecule has 1 aliphatic rings. The first-order valence-electron chi connectivity index (χ1n) is 4.53. The van der Waals surface area contributed by atoms with Gasteiger partial charge >= 0.3 is 0 Å². The Bertz CT molecular complexity index is 391. The zero-order chi connectivity index (χ0) is 9.80. The maximum atomic E-state index is 8.65. The van der Waals surface area contributed by atoms with Crippen molar-refractivity contribution < 1.29 is 0 Å². The fourth-order valence-electron chi connectivity index (χ4n) is 1.43. The molecule has 1 aliphatic heterocycles. The van der Waals surface area contributed by atoms with Crippen molar-refractivity contribution in [3.63, 3.8) is 0 Å². The van der Waals surface area contributed by atoms with Crippen LogP contribution in [0.2, 0.25) is 0 Å². The lowest BCUT2D eigenvalue weighted by molar-refractivity contribution is 0.801. The molecule has 0 atom stereocenters. The molecule has 70 valence electrons. The second kappa shape index (κ2) is 3.88. The van der Waals surface area contributed by atoms with Crippen molar-refractivity contribution in [1.29, 1.82) is 5.26 Å². The minimum Gasteiger partial charge on any atom is -0.352 e. The molecular formula is C10H10N4. The Morgan fingerprint density at radius 3 is 3.07 bits per heavy atom. The van der Waals surface area contributed by atoms with E-state index in [1.165, 1.54) is 0 Å². The first-order valence-corrected chi connectivity index (χ1v) is 4.53. The van der Waals surface area contributed by atoms with E-state index >= 15 is 0 Å². The number of aromatic nitrogens is 2. The third-order valence-corrected chi connectivity index (χ3v) is 2.12. The molecule has 0 aliphatic carbocycles. The summed E-state index contributed by atoms with van der Waals surface area (Å²) in [7, 11) is 0. The summed E-state index contributed by atoms with van der Waals surface area (Å²) in [6, 6.07) is 3.77. The van der Waals surface area contributed by atoms with Crippen molar-refractivity contribution in [3.05, 3.63) is 30.2 Å². The number of rotatable bonds is 1. The van der Waals surface area contributed by atoms with Gasteiger partial charge in [-0.15, -0.1) is 0 Å². The van der Waals surface area contributed by atoms with Crippen LogP contribution < -0.4 is 4.90 Å². The molecule has 0 unspecified atom stereocenters. The summed E-state index contributed by atoms with van der Waals surface area (Å²) < 4.78 is 0. The minimum absolute atomic E-state index is 0.233. The van der Waals surface area contributed by atoms with Crippen LogP contribution in [0.25, 0.3) is 0 Å². The predicted molar refractivity (Wildman–Crippen MR) is 52.7 cm³/mol. The van der Waals surface area contributed by atoms with Gasteiger partial charge in [0.15, 0.2) is 0 Å². The van der Waals surface area contributed by atoms with Crippen LogP contribution in [0.3, 0.4) is 0 Å². The van der Waals surface area contributed by atoms with Gasteiger partial charge in [0, 0.05) is 19.3 Å². The normalized spacial score (nSPS) is 15.2. The molecule has 4 heteroatoms. The van der Waals surface area contributed by atoms with Gasteiger partial charge in [0.1, 0.15) is 11.9 Å². The molecule has 0 N–H and O–H groups in total. The quantitative estimate of drug-likeness (QED) is 0.616. The van der Waals surface area contributed by atoms with Gasteiger partial charge in [-0.05, 0) is 12.5 Å². The Labute approximate surface area is 82.5 Å². The summed E-state index contributed by atoms with van der Waals surface area (Å²) in [5, 5.41) is 8.65. The van der Waals surface area contributed by atoms with Crippen molar-refractivity contribution in [2.45, 2.75) is 6.42 Å². The molecule has 0 amide bonds. The van der Waals surface area contributed by atoms with Crippen molar-refractivity contribution in [1.82, 2.24) is 9.97 Å². The average Bonchev–Trinajstić information content (AvgIpc) is 2.30. The molecular weight excluding hydrogens is 176 g/mol. The van der Waals surface area contributed by atoms with Gasteiger partial charge in [-0.2, -0.15) is 5.26 Å². The van der Waals surface area contributed by atoms with E-state index in [9.17, 15) is 0 Å². The SMILES string of the molecule is N#Cc1nccc(N2CC=CCC2)n1. The van der Waals surface area contributed by atoms with E-state index in [1.807, 2.05) is 12.1 Å². The lowest BCUT2D eigenvalue weighted by Gasteiger charge is -2.23. The monoisotopic (exact) mass is 186 g/mol. The molecule has 0 radical (unpaired) electrons. The molecule has 0 aromatic carbocycles. The number of hydrogen-bond acceptors (Lipinski definition) is 4. The lowest BCUT2D eigenvalue weighted by atomic mass is 10.2. The molecule has 0 bridgehead atoms. The van der Waals surface area contributed by atoms with Crippen molar-refractivity contribution in [3.8, 4) is 6.07 Å². The van der Waals surface area contributed by atoms with E-state index in [0.717, 1.165) is 25.3 Å². The van der Waals surface area contributed by atoms with Gasteiger partial charge in [0.05, 0.1) is 0 Å². The Kier molecular flexibility index (Phi) is 2.41. The van der Waals surface area contributed by atoms with Gasteiger partial charge in [0.25, 0.3) is 0 Å². The highest BCUT2D eigenvalue weighted by Crippen LogP contribution is 2.12. The summed E-state index contributed by atoms with van der Waals surface area (Å²) in [6.45, 7) is 1.82. The van der Waals surface area contributed by atoms with E-state index in [1.54, 1.807) is 6.20 Å². The summed E-state index contributed by atoms with van der Waals surface area (Å²) in [5.41, 5.74) is 0. The number of anilines is 1. The minimum atomic E-state index is 0.233. The van der Waals surface area contributed by atoms with Gasteiger partial charge in [-0.1, -0.05) is 12.2 Å². The highest BCUT2D eigenvalue weighted by atomic mass is 15.2. The second-order valence-electron chi connectivity index (χ2n) is 3.06. The summed E-state index contributed by atoms with van der Waals surface area (Å²) >= 11 is 0. The van der Waals surface area contributed by atoms with E-state index in [2.05, 4.69) is 27.0 Å². The number of nitriles is 1. The van der Waals surface area contributed by atoms with Crippen molar-refractivity contribution in [2.24, 2.45) is 0 Å². The smallest absolute Gasteiger partial charge is 0.234 e. The van der Waals surface area contributed by atoms with E-state index in [0.29, 0.717) is 0 Å². The maximum absolute atomic E-state index is 8.65. The Morgan fingerprint density at radius 1 is 1.43 bits per heavy atom. The van der Waals surface area contributed by atoms with Gasteiger partial charge in [-0.25, -0.2) is 9.97 Å². The van der Waals surface area contributed by atoms with Crippen LogP contribution in [0.4, 0.5) is 5.82 Å². The first kappa shape index (κ1) is 8.70.